The highest BCUT2D eigenvalue weighted by Crippen LogP contribution is 2.27. The fourth-order valence-corrected chi connectivity index (χ4v) is 3.79. The molecule has 1 heterocycles. The Bertz CT molecular complexity index is 630. The third kappa shape index (κ3) is 5.21. The van der Waals surface area contributed by atoms with Gasteiger partial charge in [0.05, 0.1) is 0 Å². The minimum Gasteiger partial charge on any atom is -0.481 e. The lowest BCUT2D eigenvalue weighted by atomic mass is 9.87. The molecule has 144 valence electrons. The molecule has 26 heavy (non-hydrogen) atoms. The predicted octanol–water partition coefficient (Wildman–Crippen LogP) is 3.46. The Hall–Kier alpha value is -2.08. The van der Waals surface area contributed by atoms with Gasteiger partial charge in [0.1, 0.15) is 0 Å². The highest BCUT2D eigenvalue weighted by molar-refractivity contribution is 5.90. The van der Waals surface area contributed by atoms with Crippen molar-refractivity contribution in [2.75, 3.05) is 32.5 Å². The summed E-state index contributed by atoms with van der Waals surface area (Å²) in [5.41, 5.74) is 1.97. The van der Waals surface area contributed by atoms with Crippen molar-refractivity contribution in [3.8, 4) is 0 Å². The van der Waals surface area contributed by atoms with Crippen molar-refractivity contribution in [2.45, 2.75) is 45.1 Å². The van der Waals surface area contributed by atoms with E-state index in [0.29, 0.717) is 31.5 Å². The van der Waals surface area contributed by atoms with Crippen LogP contribution >= 0.6 is 0 Å². The fraction of sp³-hybridized carbons (Fsp3) is 0.600. The van der Waals surface area contributed by atoms with Crippen LogP contribution in [0.4, 0.5) is 10.5 Å². The van der Waals surface area contributed by atoms with E-state index in [4.69, 9.17) is 5.11 Å². The van der Waals surface area contributed by atoms with E-state index in [1.807, 2.05) is 43.3 Å². The highest BCUT2D eigenvalue weighted by Gasteiger charge is 2.33. The number of rotatable bonds is 6. The molecule has 1 saturated heterocycles. The highest BCUT2D eigenvalue weighted by atomic mass is 16.4. The van der Waals surface area contributed by atoms with Crippen molar-refractivity contribution in [1.82, 2.24) is 9.80 Å². The van der Waals surface area contributed by atoms with Crippen LogP contribution in [0.25, 0.3) is 0 Å². The quantitative estimate of drug-likeness (QED) is 0.814. The molecule has 1 aliphatic heterocycles. The zero-order valence-corrected chi connectivity index (χ0v) is 16.2. The fourth-order valence-electron chi connectivity index (χ4n) is 3.79. The molecule has 0 bridgehead atoms. The monoisotopic (exact) mass is 361 g/mol. The number of anilines is 1. The molecule has 2 rings (SSSR count). The van der Waals surface area contributed by atoms with E-state index in [1.165, 1.54) is 0 Å². The molecule has 0 aromatic heterocycles. The number of nitrogens with one attached hydrogen (secondary N) is 1. The van der Waals surface area contributed by atoms with Gasteiger partial charge in [0, 0.05) is 31.2 Å². The number of piperidine rings is 1. The Morgan fingerprint density at radius 3 is 2.62 bits per heavy atom. The minimum atomic E-state index is -0.782. The van der Waals surface area contributed by atoms with Gasteiger partial charge >= 0.3 is 12.0 Å². The number of para-hydroxylation sites is 1. The molecule has 1 aromatic carbocycles. The summed E-state index contributed by atoms with van der Waals surface area (Å²) < 4.78 is 0. The van der Waals surface area contributed by atoms with E-state index in [2.05, 4.69) is 24.1 Å². The Labute approximate surface area is 156 Å². The van der Waals surface area contributed by atoms with Gasteiger partial charge in [0.2, 0.25) is 0 Å². The third-order valence-corrected chi connectivity index (χ3v) is 5.20. The van der Waals surface area contributed by atoms with Gasteiger partial charge in [-0.2, -0.15) is 0 Å². The molecule has 2 amide bonds. The van der Waals surface area contributed by atoms with Crippen LogP contribution in [-0.4, -0.2) is 60.1 Å². The standard InChI is InChI=1S/C20H31N3O3/c1-14(2)16-7-5-6-8-17(16)21-20(26)23-12-11-18(22(3)4)15(13-23)9-10-19(24)25/h5-8,14-15,18H,9-13H2,1-4H3,(H,21,26)(H,24,25)/t15-,18+/m0/s1. The summed E-state index contributed by atoms with van der Waals surface area (Å²) in [4.78, 5) is 27.7. The number of hydrogen-bond donors (Lipinski definition) is 2. The first-order valence-electron chi connectivity index (χ1n) is 9.32. The molecule has 1 aliphatic rings. The van der Waals surface area contributed by atoms with Crippen molar-refractivity contribution in [2.24, 2.45) is 5.92 Å². The Kier molecular flexibility index (Phi) is 7.03. The van der Waals surface area contributed by atoms with Gasteiger partial charge in [0.25, 0.3) is 0 Å². The molecule has 0 unspecified atom stereocenters. The molecule has 0 spiro atoms. The van der Waals surface area contributed by atoms with E-state index in [9.17, 15) is 9.59 Å². The zero-order valence-electron chi connectivity index (χ0n) is 16.2. The Morgan fingerprint density at radius 2 is 2.00 bits per heavy atom. The lowest BCUT2D eigenvalue weighted by molar-refractivity contribution is -0.137. The normalized spacial score (nSPS) is 20.5. The first-order valence-corrected chi connectivity index (χ1v) is 9.32. The van der Waals surface area contributed by atoms with Gasteiger partial charge in [-0.25, -0.2) is 4.79 Å². The number of carboxylic acid groups (broad SMARTS) is 1. The van der Waals surface area contributed by atoms with Crippen molar-refractivity contribution < 1.29 is 14.7 Å². The van der Waals surface area contributed by atoms with E-state index in [-0.39, 0.29) is 18.4 Å². The van der Waals surface area contributed by atoms with Crippen LogP contribution in [0.1, 0.15) is 44.6 Å². The molecule has 6 nitrogen and oxygen atoms in total. The molecule has 0 radical (unpaired) electrons. The maximum absolute atomic E-state index is 12.8. The van der Waals surface area contributed by atoms with Crippen LogP contribution in [0.3, 0.4) is 0 Å². The number of carboxylic acids is 1. The van der Waals surface area contributed by atoms with Crippen LogP contribution in [-0.2, 0) is 4.79 Å². The van der Waals surface area contributed by atoms with Crippen molar-refractivity contribution >= 4 is 17.7 Å². The lowest BCUT2D eigenvalue weighted by Gasteiger charge is -2.41. The number of carbonyl (C=O) groups is 2. The molecule has 6 heteroatoms. The maximum Gasteiger partial charge on any atom is 0.321 e. The molecular formula is C20H31N3O3. The average Bonchev–Trinajstić information content (AvgIpc) is 2.59. The van der Waals surface area contributed by atoms with E-state index >= 15 is 0 Å². The topological polar surface area (TPSA) is 72.9 Å². The van der Waals surface area contributed by atoms with Gasteiger partial charge < -0.3 is 20.2 Å². The number of aliphatic carboxylic acids is 1. The predicted molar refractivity (Wildman–Crippen MR) is 104 cm³/mol. The van der Waals surface area contributed by atoms with Crippen LogP contribution in [0.2, 0.25) is 0 Å². The van der Waals surface area contributed by atoms with E-state index < -0.39 is 5.97 Å². The molecule has 0 saturated carbocycles. The maximum atomic E-state index is 12.8. The average molecular weight is 361 g/mol. The molecule has 1 aromatic rings. The number of benzene rings is 1. The van der Waals surface area contributed by atoms with Gasteiger partial charge in [-0.15, -0.1) is 0 Å². The van der Waals surface area contributed by atoms with Crippen molar-refractivity contribution in [1.29, 1.82) is 0 Å². The molecule has 1 fully saturated rings. The van der Waals surface area contributed by atoms with E-state index in [0.717, 1.165) is 17.7 Å². The summed E-state index contributed by atoms with van der Waals surface area (Å²) in [6, 6.07) is 8.08. The summed E-state index contributed by atoms with van der Waals surface area (Å²) in [6.45, 7) is 5.49. The second kappa shape index (κ2) is 9.03. The molecular weight excluding hydrogens is 330 g/mol. The summed E-state index contributed by atoms with van der Waals surface area (Å²) >= 11 is 0. The first-order chi connectivity index (χ1) is 12.3. The van der Waals surface area contributed by atoms with Crippen LogP contribution in [0, 0.1) is 5.92 Å². The summed E-state index contributed by atoms with van der Waals surface area (Å²) in [6.07, 6.45) is 1.59. The van der Waals surface area contributed by atoms with Gasteiger partial charge in [-0.05, 0) is 50.4 Å². The third-order valence-electron chi connectivity index (χ3n) is 5.20. The summed E-state index contributed by atoms with van der Waals surface area (Å²) in [7, 11) is 4.04. The lowest BCUT2D eigenvalue weighted by Crippen LogP contribution is -2.51. The van der Waals surface area contributed by atoms with Crippen LogP contribution in [0.5, 0.6) is 0 Å². The number of likely N-dealkylation sites (tertiary alicyclic amines) is 1. The number of amides is 2. The number of nitrogens with zero attached hydrogens (tertiary/aromatic N) is 2. The van der Waals surface area contributed by atoms with E-state index in [1.54, 1.807) is 0 Å². The van der Waals surface area contributed by atoms with Gasteiger partial charge in [-0.1, -0.05) is 32.0 Å². The number of carbonyl (C=O) groups excluding carboxylic acids is 1. The molecule has 2 atom stereocenters. The van der Waals surface area contributed by atoms with Crippen molar-refractivity contribution in [3.05, 3.63) is 29.8 Å². The Morgan fingerprint density at radius 1 is 1.31 bits per heavy atom. The first kappa shape index (κ1) is 20.2. The van der Waals surface area contributed by atoms with Crippen LogP contribution in [0.15, 0.2) is 24.3 Å². The largest absolute Gasteiger partial charge is 0.481 e. The van der Waals surface area contributed by atoms with Crippen LogP contribution < -0.4 is 5.32 Å². The summed E-state index contributed by atoms with van der Waals surface area (Å²) in [5, 5.41) is 12.1. The van der Waals surface area contributed by atoms with Crippen molar-refractivity contribution in [3.63, 3.8) is 0 Å². The second-order valence-electron chi connectivity index (χ2n) is 7.63. The zero-order chi connectivity index (χ0) is 19.3. The molecule has 0 aliphatic carbocycles. The minimum absolute atomic E-state index is 0.101. The number of hydrogen-bond acceptors (Lipinski definition) is 3. The van der Waals surface area contributed by atoms with Gasteiger partial charge in [0.15, 0.2) is 0 Å². The Balaban J connectivity index is 2.06. The SMILES string of the molecule is CC(C)c1ccccc1NC(=O)N1CC[C@@H](N(C)C)[C@@H](CCC(=O)O)C1. The smallest absolute Gasteiger partial charge is 0.321 e. The summed E-state index contributed by atoms with van der Waals surface area (Å²) in [5.74, 6) is -0.287. The second-order valence-corrected chi connectivity index (χ2v) is 7.63. The van der Waals surface area contributed by atoms with Gasteiger partial charge in [-0.3, -0.25) is 4.79 Å². The molecule has 2 N–H and O–H groups in total. The number of urea groups is 1.